The highest BCUT2D eigenvalue weighted by Crippen LogP contribution is 2.31. The number of pyridine rings is 1. The first-order valence-electron chi connectivity index (χ1n) is 7.89. The molecule has 0 saturated carbocycles. The molecule has 1 aromatic carbocycles. The first kappa shape index (κ1) is 18.5. The van der Waals surface area contributed by atoms with Crippen LogP contribution in [0.1, 0.15) is 21.8 Å². The molecule has 9 heteroatoms. The van der Waals surface area contributed by atoms with Crippen LogP contribution in [0.5, 0.6) is 11.5 Å². The van der Waals surface area contributed by atoms with Gasteiger partial charge in [-0.1, -0.05) is 11.6 Å². The molecule has 0 atom stereocenters. The van der Waals surface area contributed by atoms with E-state index in [1.165, 1.54) is 25.4 Å². The summed E-state index contributed by atoms with van der Waals surface area (Å²) in [6.45, 7) is 1.85. The number of aromatic amines is 1. The minimum atomic E-state index is -0.463. The summed E-state index contributed by atoms with van der Waals surface area (Å²) in [5.41, 5.74) is 0.928. The number of hydrogen-bond acceptors (Lipinski definition) is 6. The Labute approximate surface area is 158 Å². The van der Waals surface area contributed by atoms with Crippen molar-refractivity contribution in [2.24, 2.45) is 0 Å². The minimum Gasteiger partial charge on any atom is -0.504 e. The number of ether oxygens (including phenoxy) is 1. The van der Waals surface area contributed by atoms with E-state index in [0.29, 0.717) is 28.7 Å². The first-order valence-corrected chi connectivity index (χ1v) is 8.27. The van der Waals surface area contributed by atoms with Gasteiger partial charge in [-0.25, -0.2) is 4.98 Å². The van der Waals surface area contributed by atoms with Gasteiger partial charge in [0.15, 0.2) is 11.5 Å². The van der Waals surface area contributed by atoms with Crippen LogP contribution in [0, 0.1) is 6.92 Å². The van der Waals surface area contributed by atoms with Gasteiger partial charge < -0.3 is 24.6 Å². The predicted octanol–water partition coefficient (Wildman–Crippen LogP) is 2.64. The number of hydrogen-bond donors (Lipinski definition) is 3. The van der Waals surface area contributed by atoms with Gasteiger partial charge in [-0.2, -0.15) is 0 Å². The van der Waals surface area contributed by atoms with E-state index in [4.69, 9.17) is 20.8 Å². The Hall–Kier alpha value is -3.26. The maximum absolute atomic E-state index is 12.2. The lowest BCUT2D eigenvalue weighted by molar-refractivity contribution is 0.0950. The van der Waals surface area contributed by atoms with Crippen LogP contribution in [0.15, 0.2) is 39.7 Å². The van der Waals surface area contributed by atoms with Crippen molar-refractivity contribution in [3.05, 3.63) is 62.9 Å². The Morgan fingerprint density at radius 1 is 1.41 bits per heavy atom. The van der Waals surface area contributed by atoms with Crippen molar-refractivity contribution >= 4 is 17.5 Å². The van der Waals surface area contributed by atoms with Gasteiger partial charge in [0.25, 0.3) is 11.5 Å². The molecule has 0 spiro atoms. The summed E-state index contributed by atoms with van der Waals surface area (Å²) in [6, 6.07) is 6.02. The van der Waals surface area contributed by atoms with Crippen molar-refractivity contribution in [1.82, 2.24) is 15.3 Å². The van der Waals surface area contributed by atoms with Crippen LogP contribution in [0.25, 0.3) is 11.5 Å². The monoisotopic (exact) mass is 389 g/mol. The number of carbonyl (C=O) groups excluding carboxylic acids is 1. The van der Waals surface area contributed by atoms with Crippen LogP contribution in [0.3, 0.4) is 0 Å². The van der Waals surface area contributed by atoms with E-state index in [-0.39, 0.29) is 22.9 Å². The number of carbonyl (C=O) groups is 1. The Balaban J connectivity index is 1.76. The standard InChI is InChI=1S/C18H16ClN3O5/c1-9-13(8-21-16(24)11-5-12(19)17(25)20-7-11)22-18(27-9)10-3-4-14(23)15(6-10)26-2/h3-7,23H,8H2,1-2H3,(H,20,25)(H,21,24). The fraction of sp³-hybridized carbons (Fsp3) is 0.167. The van der Waals surface area contributed by atoms with Gasteiger partial charge in [0, 0.05) is 11.8 Å². The highest BCUT2D eigenvalue weighted by Gasteiger charge is 2.15. The molecule has 3 rings (SSSR count). The summed E-state index contributed by atoms with van der Waals surface area (Å²) >= 11 is 5.73. The molecule has 3 N–H and O–H groups in total. The second-order valence-electron chi connectivity index (χ2n) is 5.66. The maximum atomic E-state index is 12.2. The highest BCUT2D eigenvalue weighted by atomic mass is 35.5. The van der Waals surface area contributed by atoms with Gasteiger partial charge in [-0.15, -0.1) is 0 Å². The zero-order valence-electron chi connectivity index (χ0n) is 14.5. The minimum absolute atomic E-state index is 0.0107. The molecule has 0 aliphatic rings. The Morgan fingerprint density at radius 3 is 2.89 bits per heavy atom. The SMILES string of the molecule is COc1cc(-c2nc(CNC(=O)c3c[nH]c(=O)c(Cl)c3)c(C)o2)ccc1O. The molecule has 2 heterocycles. The topological polar surface area (TPSA) is 117 Å². The molecule has 0 saturated heterocycles. The van der Waals surface area contributed by atoms with Gasteiger partial charge >= 0.3 is 0 Å². The molecule has 140 valence electrons. The number of nitrogens with one attached hydrogen (secondary N) is 2. The van der Waals surface area contributed by atoms with E-state index in [1.54, 1.807) is 19.1 Å². The average molecular weight is 390 g/mol. The number of H-pyrrole nitrogens is 1. The third-order valence-corrected chi connectivity index (χ3v) is 4.14. The molecule has 0 aliphatic carbocycles. The molecule has 1 amide bonds. The quantitative estimate of drug-likeness (QED) is 0.617. The number of amides is 1. The summed E-state index contributed by atoms with van der Waals surface area (Å²) in [5.74, 6) is 0.770. The zero-order valence-corrected chi connectivity index (χ0v) is 15.3. The first-order chi connectivity index (χ1) is 12.9. The second-order valence-corrected chi connectivity index (χ2v) is 6.06. The van der Waals surface area contributed by atoms with Crippen LogP contribution in [0.4, 0.5) is 0 Å². The largest absolute Gasteiger partial charge is 0.504 e. The molecule has 0 unspecified atom stereocenters. The Bertz CT molecular complexity index is 1060. The van der Waals surface area contributed by atoms with E-state index in [2.05, 4.69) is 15.3 Å². The molecule has 2 aromatic heterocycles. The molecule has 3 aromatic rings. The summed E-state index contributed by atoms with van der Waals surface area (Å²) in [6.07, 6.45) is 1.29. The fourth-order valence-electron chi connectivity index (χ4n) is 2.38. The van der Waals surface area contributed by atoms with Gasteiger partial charge in [0.1, 0.15) is 16.5 Å². The van der Waals surface area contributed by atoms with Gasteiger partial charge in [0.05, 0.1) is 19.2 Å². The lowest BCUT2D eigenvalue weighted by Crippen LogP contribution is -2.24. The molecule has 8 nitrogen and oxygen atoms in total. The van der Waals surface area contributed by atoms with E-state index < -0.39 is 11.5 Å². The summed E-state index contributed by atoms with van der Waals surface area (Å²) < 4.78 is 10.7. The fourth-order valence-corrected chi connectivity index (χ4v) is 2.55. The zero-order chi connectivity index (χ0) is 19.6. The Kier molecular flexibility index (Phi) is 5.18. The molecule has 0 aliphatic heterocycles. The van der Waals surface area contributed by atoms with Crippen LogP contribution in [0.2, 0.25) is 5.02 Å². The van der Waals surface area contributed by atoms with E-state index in [9.17, 15) is 14.7 Å². The van der Waals surface area contributed by atoms with Crippen LogP contribution in [-0.4, -0.2) is 28.1 Å². The van der Waals surface area contributed by atoms with Crippen LogP contribution in [-0.2, 0) is 6.54 Å². The van der Waals surface area contributed by atoms with Crippen molar-refractivity contribution in [2.45, 2.75) is 13.5 Å². The lowest BCUT2D eigenvalue weighted by Gasteiger charge is -2.04. The predicted molar refractivity (Wildman–Crippen MR) is 98.1 cm³/mol. The highest BCUT2D eigenvalue weighted by molar-refractivity contribution is 6.30. The number of aromatic nitrogens is 2. The number of nitrogens with zero attached hydrogens (tertiary/aromatic N) is 1. The molecule has 0 radical (unpaired) electrons. The number of halogens is 1. The second kappa shape index (κ2) is 7.55. The maximum Gasteiger partial charge on any atom is 0.266 e. The molecule has 27 heavy (non-hydrogen) atoms. The number of phenols is 1. The van der Waals surface area contributed by atoms with Gasteiger partial charge in [0.2, 0.25) is 5.89 Å². The summed E-state index contributed by atoms with van der Waals surface area (Å²) in [4.78, 5) is 30.2. The van der Waals surface area contributed by atoms with Crippen molar-refractivity contribution in [3.8, 4) is 23.0 Å². The number of benzene rings is 1. The number of aromatic hydroxyl groups is 1. The van der Waals surface area contributed by atoms with Crippen LogP contribution < -0.4 is 15.6 Å². The number of methoxy groups -OCH3 is 1. The van der Waals surface area contributed by atoms with E-state index in [0.717, 1.165) is 0 Å². The van der Waals surface area contributed by atoms with Crippen molar-refractivity contribution < 1.29 is 19.1 Å². The molecular formula is C18H16ClN3O5. The van der Waals surface area contributed by atoms with Gasteiger partial charge in [-0.3, -0.25) is 9.59 Å². The van der Waals surface area contributed by atoms with E-state index in [1.807, 2.05) is 0 Å². The lowest BCUT2D eigenvalue weighted by atomic mass is 10.2. The van der Waals surface area contributed by atoms with Crippen molar-refractivity contribution in [3.63, 3.8) is 0 Å². The van der Waals surface area contributed by atoms with Crippen molar-refractivity contribution in [2.75, 3.05) is 7.11 Å². The van der Waals surface area contributed by atoms with Crippen molar-refractivity contribution in [1.29, 1.82) is 0 Å². The molecule has 0 bridgehead atoms. The normalized spacial score (nSPS) is 10.6. The number of phenolic OH excluding ortho intramolecular Hbond substituents is 1. The molecule has 0 fully saturated rings. The summed E-state index contributed by atoms with van der Waals surface area (Å²) in [5, 5.41) is 12.3. The smallest absolute Gasteiger partial charge is 0.266 e. The number of aryl methyl sites for hydroxylation is 1. The summed E-state index contributed by atoms with van der Waals surface area (Å²) in [7, 11) is 1.45. The third-order valence-electron chi connectivity index (χ3n) is 3.86. The Morgan fingerprint density at radius 2 is 2.19 bits per heavy atom. The average Bonchev–Trinajstić information content (AvgIpc) is 3.03. The van der Waals surface area contributed by atoms with Gasteiger partial charge in [-0.05, 0) is 31.2 Å². The van der Waals surface area contributed by atoms with E-state index >= 15 is 0 Å². The third kappa shape index (κ3) is 3.95. The molecular weight excluding hydrogens is 374 g/mol. The number of rotatable bonds is 5. The number of oxazole rings is 1. The van der Waals surface area contributed by atoms with Crippen LogP contribution >= 0.6 is 11.6 Å².